The highest BCUT2D eigenvalue weighted by Crippen LogP contribution is 2.30. The van der Waals surface area contributed by atoms with Crippen LogP contribution >= 0.6 is 32.2 Å². The number of fused-ring (bicyclic) bond motifs is 2. The molecule has 0 radical (unpaired) electrons. The molecule has 30 heavy (non-hydrogen) atoms. The Bertz CT molecular complexity index is 1400. The van der Waals surface area contributed by atoms with Crippen molar-refractivity contribution in [2.24, 2.45) is 0 Å². The molecule has 0 bridgehead atoms. The first-order valence-corrected chi connectivity index (χ1v) is 11.4. The van der Waals surface area contributed by atoms with Crippen LogP contribution in [0.5, 0.6) is 0 Å². The molecule has 0 saturated heterocycles. The van der Waals surface area contributed by atoms with Gasteiger partial charge in [0, 0.05) is 28.0 Å². The van der Waals surface area contributed by atoms with Crippen molar-refractivity contribution in [2.45, 2.75) is 0 Å². The molecule has 3 aromatic heterocycles. The Morgan fingerprint density at radius 1 is 0.800 bits per heavy atom. The van der Waals surface area contributed by atoms with Gasteiger partial charge in [-0.05, 0) is 48.6 Å². The number of nitrogens with zero attached hydrogens (tertiary/aromatic N) is 1. The zero-order chi connectivity index (χ0) is 20.7. The molecule has 0 aliphatic rings. The first-order valence-electron chi connectivity index (χ1n) is 9.28. The molecule has 0 amide bonds. The minimum Gasteiger partial charge on any atom is -0.354 e. The minimum absolute atomic E-state index is 0.334. The Hall–Kier alpha value is -3.05. The number of para-hydroxylation sites is 2. The Balaban J connectivity index is 1.52. The van der Waals surface area contributed by atoms with E-state index < -0.39 is 7.80 Å². The van der Waals surface area contributed by atoms with Gasteiger partial charge in [-0.1, -0.05) is 53.2 Å². The van der Waals surface area contributed by atoms with Crippen LogP contribution in [0.1, 0.15) is 17.0 Å². The molecule has 1 unspecified atom stereocenters. The molecule has 3 heterocycles. The van der Waals surface area contributed by atoms with Crippen LogP contribution in [0.2, 0.25) is 0 Å². The minimum atomic E-state index is -2.08. The fourth-order valence-corrected chi connectivity index (χ4v) is 5.30. The van der Waals surface area contributed by atoms with Gasteiger partial charge in [0.1, 0.15) is 5.69 Å². The van der Waals surface area contributed by atoms with Crippen LogP contribution in [0.3, 0.4) is 0 Å². The summed E-state index contributed by atoms with van der Waals surface area (Å²) in [4.78, 5) is 11.5. The third-order valence-corrected chi connectivity index (χ3v) is 7.45. The maximum atomic E-state index is 13.4. The summed E-state index contributed by atoms with van der Waals surface area (Å²) >= 11 is 11.3. The quantitative estimate of drug-likeness (QED) is 0.209. The summed E-state index contributed by atoms with van der Waals surface area (Å²) in [7, 11) is -2.08. The van der Waals surface area contributed by atoms with Gasteiger partial charge in [-0.2, -0.15) is 0 Å². The van der Waals surface area contributed by atoms with Gasteiger partial charge in [-0.15, -0.1) is 0 Å². The second-order valence-corrected chi connectivity index (χ2v) is 9.42. The zero-order valence-corrected chi connectivity index (χ0v) is 18.2. The highest BCUT2D eigenvalue weighted by molar-refractivity contribution is 7.97. The normalized spacial score (nSPS) is 11.7. The Morgan fingerprint density at radius 3 is 2.07 bits per heavy atom. The number of nitrogens with one attached hydrogen (secondary N) is 2. The van der Waals surface area contributed by atoms with E-state index in [2.05, 4.69) is 15.0 Å². The van der Waals surface area contributed by atoms with Crippen LogP contribution in [0.4, 0.5) is 0 Å². The molecule has 2 aromatic carbocycles. The molecule has 5 aromatic rings. The summed E-state index contributed by atoms with van der Waals surface area (Å²) in [5.41, 5.74) is 4.46. The first kappa shape index (κ1) is 18.9. The van der Waals surface area contributed by atoms with E-state index in [1.807, 2.05) is 66.7 Å². The number of H-pyrrole nitrogens is 2. The van der Waals surface area contributed by atoms with Gasteiger partial charge in [0.15, 0.2) is 0 Å². The number of thiocarbonyl (C=S) groups is 2. The van der Waals surface area contributed by atoms with E-state index in [1.165, 1.54) is 0 Å². The molecule has 4 nitrogen and oxygen atoms in total. The number of rotatable bonds is 5. The van der Waals surface area contributed by atoms with Crippen molar-refractivity contribution in [2.75, 3.05) is 0 Å². The zero-order valence-electron chi connectivity index (χ0n) is 15.6. The number of aromatic amines is 2. The lowest BCUT2D eigenvalue weighted by Gasteiger charge is -2.02. The van der Waals surface area contributed by atoms with E-state index in [-0.39, 0.29) is 0 Å². The predicted molar refractivity (Wildman–Crippen MR) is 131 cm³/mol. The monoisotopic (exact) mass is 444 g/mol. The van der Waals surface area contributed by atoms with Crippen molar-refractivity contribution in [3.05, 3.63) is 95.9 Å². The third-order valence-electron chi connectivity index (χ3n) is 4.94. The van der Waals surface area contributed by atoms with Crippen LogP contribution in [0.25, 0.3) is 21.8 Å². The first-order chi connectivity index (χ1) is 14.6. The van der Waals surface area contributed by atoms with Gasteiger partial charge in [-0.25, -0.2) is 4.98 Å². The molecule has 0 spiro atoms. The molecule has 0 fully saturated rings. The largest absolute Gasteiger partial charge is 0.450 e. The third kappa shape index (κ3) is 3.29. The van der Waals surface area contributed by atoms with Crippen LogP contribution in [-0.2, 0) is 4.57 Å². The molecule has 144 valence electrons. The summed E-state index contributed by atoms with van der Waals surface area (Å²) in [5, 5.41) is 2.09. The van der Waals surface area contributed by atoms with E-state index in [1.54, 1.807) is 12.3 Å². The second-order valence-electron chi connectivity index (χ2n) is 6.84. The van der Waals surface area contributed by atoms with Crippen molar-refractivity contribution in [1.29, 1.82) is 0 Å². The molecular formula is C23H15N3OPS2+. The van der Waals surface area contributed by atoms with E-state index in [4.69, 9.17) is 24.4 Å². The lowest BCUT2D eigenvalue weighted by molar-refractivity contribution is 0.599. The van der Waals surface area contributed by atoms with Crippen molar-refractivity contribution in [1.82, 2.24) is 15.0 Å². The molecule has 5 rings (SSSR count). The second kappa shape index (κ2) is 7.65. The predicted octanol–water partition coefficient (Wildman–Crippen LogP) is 5.64. The standard InChI is InChI=1S/C23H14N3OPS2/c27-28(23(30)20-13-15-7-2-4-10-18(15)26-20)22-16(8-5-11-24-22)21(29)19-12-14-6-1-3-9-17(14)25-19/h1-13H,(H-,25,26,29,30)/p+1. The van der Waals surface area contributed by atoms with Crippen LogP contribution in [0, 0.1) is 0 Å². The van der Waals surface area contributed by atoms with Gasteiger partial charge >= 0.3 is 7.80 Å². The van der Waals surface area contributed by atoms with Gasteiger partial charge < -0.3 is 9.97 Å². The van der Waals surface area contributed by atoms with Crippen molar-refractivity contribution in [3.8, 4) is 0 Å². The number of aromatic nitrogens is 3. The van der Waals surface area contributed by atoms with Crippen molar-refractivity contribution in [3.63, 3.8) is 0 Å². The van der Waals surface area contributed by atoms with Gasteiger partial charge in [-0.3, -0.25) is 0 Å². The SMILES string of the molecule is O=[P+](C(=S)c1cc2ccccc2[nH]1)c1ncccc1C(=S)c1cc2ccccc2[nH]1. The lowest BCUT2D eigenvalue weighted by atomic mass is 10.1. The van der Waals surface area contributed by atoms with E-state index in [0.29, 0.717) is 26.2 Å². The summed E-state index contributed by atoms with van der Waals surface area (Å²) in [5.74, 6) is 0. The summed E-state index contributed by atoms with van der Waals surface area (Å²) < 4.78 is 13.7. The summed E-state index contributed by atoms with van der Waals surface area (Å²) in [6.07, 6.45) is 1.62. The Morgan fingerprint density at radius 2 is 1.40 bits per heavy atom. The molecule has 7 heteroatoms. The van der Waals surface area contributed by atoms with Crippen LogP contribution < -0.4 is 5.44 Å². The van der Waals surface area contributed by atoms with E-state index in [9.17, 15) is 4.57 Å². The number of pyridine rings is 1. The Kier molecular flexibility index (Phi) is 4.83. The fraction of sp³-hybridized carbons (Fsp3) is 0. The highest BCUT2D eigenvalue weighted by Gasteiger charge is 2.35. The smallest absolute Gasteiger partial charge is 0.354 e. The fourth-order valence-electron chi connectivity index (χ4n) is 3.47. The number of hydrogen-bond acceptors (Lipinski definition) is 4. The average Bonchev–Trinajstić information content (AvgIpc) is 3.41. The topological polar surface area (TPSA) is 61.5 Å². The van der Waals surface area contributed by atoms with Crippen LogP contribution in [0.15, 0.2) is 79.0 Å². The number of benzene rings is 2. The van der Waals surface area contributed by atoms with Crippen molar-refractivity contribution >= 4 is 68.9 Å². The molecule has 2 N–H and O–H groups in total. The molecule has 0 saturated carbocycles. The Labute approximate surface area is 184 Å². The molecule has 0 aliphatic heterocycles. The summed E-state index contributed by atoms with van der Waals surface area (Å²) in [6, 6.07) is 23.4. The van der Waals surface area contributed by atoms with E-state index in [0.717, 1.165) is 27.5 Å². The van der Waals surface area contributed by atoms with Gasteiger partial charge in [0.2, 0.25) is 0 Å². The molecule has 1 atom stereocenters. The maximum absolute atomic E-state index is 13.4. The maximum Gasteiger partial charge on any atom is 0.450 e. The molecular weight excluding hydrogens is 429 g/mol. The lowest BCUT2D eigenvalue weighted by Crippen LogP contribution is -2.18. The molecule has 0 aliphatic carbocycles. The van der Waals surface area contributed by atoms with Gasteiger partial charge in [0.05, 0.1) is 16.1 Å². The average molecular weight is 445 g/mol. The highest BCUT2D eigenvalue weighted by atomic mass is 32.1. The van der Waals surface area contributed by atoms with E-state index >= 15 is 0 Å². The van der Waals surface area contributed by atoms with Crippen molar-refractivity contribution < 1.29 is 4.57 Å². The van der Waals surface area contributed by atoms with Gasteiger partial charge in [0.25, 0.3) is 10.0 Å². The van der Waals surface area contributed by atoms with Crippen LogP contribution in [-0.4, -0.2) is 24.4 Å². The number of hydrogen-bond donors (Lipinski definition) is 2. The summed E-state index contributed by atoms with van der Waals surface area (Å²) in [6.45, 7) is 0.